The van der Waals surface area contributed by atoms with Gasteiger partial charge in [-0.1, -0.05) is 12.1 Å². The maximum absolute atomic E-state index is 12.5. The molecule has 0 aliphatic heterocycles. The van der Waals surface area contributed by atoms with Gasteiger partial charge < -0.3 is 15.2 Å². The van der Waals surface area contributed by atoms with Crippen LogP contribution in [0.25, 0.3) is 5.69 Å². The fourth-order valence-electron chi connectivity index (χ4n) is 2.52. The molecule has 0 aliphatic carbocycles. The Balaban J connectivity index is 1.84. The predicted octanol–water partition coefficient (Wildman–Crippen LogP) is 1.34. The molecule has 0 saturated carbocycles. The van der Waals surface area contributed by atoms with Gasteiger partial charge in [-0.25, -0.2) is 4.68 Å². The van der Waals surface area contributed by atoms with Crippen LogP contribution in [0.2, 0.25) is 0 Å². The average molecular weight is 392 g/mol. The van der Waals surface area contributed by atoms with Crippen molar-refractivity contribution < 1.29 is 23.1 Å². The molecular weight excluding hydrogens is 379 g/mol. The van der Waals surface area contributed by atoms with Crippen molar-refractivity contribution in [1.82, 2.24) is 19.6 Å². The summed E-state index contributed by atoms with van der Waals surface area (Å²) < 4.78 is 39.3. The van der Waals surface area contributed by atoms with E-state index in [9.17, 15) is 27.9 Å². The van der Waals surface area contributed by atoms with Crippen molar-refractivity contribution in [3.8, 4) is 5.69 Å². The Kier molecular flexibility index (Phi) is 5.16. The molecular formula is C17H13F3N5O3-. The second kappa shape index (κ2) is 7.55. The van der Waals surface area contributed by atoms with E-state index in [0.717, 1.165) is 4.68 Å². The van der Waals surface area contributed by atoms with Gasteiger partial charge in [0.1, 0.15) is 24.0 Å². The number of amides is 1. The lowest BCUT2D eigenvalue weighted by atomic mass is 10.1. The van der Waals surface area contributed by atoms with Gasteiger partial charge in [-0.05, 0) is 17.7 Å². The second-order valence-electron chi connectivity index (χ2n) is 5.87. The topological polar surface area (TPSA) is 105 Å². The van der Waals surface area contributed by atoms with Gasteiger partial charge in [-0.15, -0.1) is 0 Å². The van der Waals surface area contributed by atoms with Gasteiger partial charge in [-0.2, -0.15) is 23.4 Å². The van der Waals surface area contributed by atoms with Crippen molar-refractivity contribution in [2.45, 2.75) is 19.1 Å². The second-order valence-corrected chi connectivity index (χ2v) is 5.87. The Hall–Kier alpha value is -3.63. The van der Waals surface area contributed by atoms with Gasteiger partial charge in [0.15, 0.2) is 0 Å². The van der Waals surface area contributed by atoms with Crippen molar-refractivity contribution in [2.75, 3.05) is 5.32 Å². The van der Waals surface area contributed by atoms with Gasteiger partial charge in [0.05, 0.1) is 12.4 Å². The van der Waals surface area contributed by atoms with Crippen LogP contribution in [-0.2, 0) is 13.0 Å². The molecule has 0 aliphatic rings. The molecule has 0 fully saturated rings. The van der Waals surface area contributed by atoms with E-state index < -0.39 is 18.8 Å². The molecule has 0 unspecified atom stereocenters. The molecule has 28 heavy (non-hydrogen) atoms. The average Bonchev–Trinajstić information content (AvgIpc) is 3.03. The minimum Gasteiger partial charge on any atom is -0.530 e. The van der Waals surface area contributed by atoms with Crippen LogP contribution in [0.1, 0.15) is 11.3 Å². The number of hydrogen-bond acceptors (Lipinski definition) is 5. The largest absolute Gasteiger partial charge is 0.530 e. The zero-order chi connectivity index (χ0) is 20.3. The number of aromatic nitrogens is 4. The van der Waals surface area contributed by atoms with Crippen molar-refractivity contribution in [2.24, 2.45) is 0 Å². The number of carbonyl (C=O) groups is 1. The summed E-state index contributed by atoms with van der Waals surface area (Å²) in [5.41, 5.74) is 0.926. The zero-order valence-electron chi connectivity index (χ0n) is 14.2. The Morgan fingerprint density at radius 2 is 2.04 bits per heavy atom. The highest BCUT2D eigenvalue weighted by Gasteiger charge is 2.28. The number of carbonyl (C=O) groups excluding carboxylic acids is 1. The van der Waals surface area contributed by atoms with E-state index in [0.29, 0.717) is 5.56 Å². The summed E-state index contributed by atoms with van der Waals surface area (Å²) in [4.78, 5) is 22.7. The first kappa shape index (κ1) is 19.1. The van der Waals surface area contributed by atoms with Gasteiger partial charge in [0.2, 0.25) is 5.43 Å². The van der Waals surface area contributed by atoms with Crippen molar-refractivity contribution in [3.05, 3.63) is 70.4 Å². The fourth-order valence-corrected chi connectivity index (χ4v) is 2.52. The van der Waals surface area contributed by atoms with Gasteiger partial charge in [0.25, 0.3) is 0 Å². The first-order chi connectivity index (χ1) is 13.2. The molecule has 2 heterocycles. The molecule has 0 radical (unpaired) electrons. The Morgan fingerprint density at radius 3 is 2.75 bits per heavy atom. The number of nitrogens with one attached hydrogen (secondary N) is 1. The maximum Gasteiger partial charge on any atom is 0.408 e. The van der Waals surface area contributed by atoms with Gasteiger partial charge in [0, 0.05) is 24.4 Å². The normalized spacial score (nSPS) is 11.4. The number of rotatable bonds is 5. The number of nitrogens with zero attached hydrogens (tertiary/aromatic N) is 4. The SMILES string of the molecule is O=C([O-])Nc1cccc(Cc2nn(-c3cnn(CC(F)(F)F)c3)ccc2=O)c1. The van der Waals surface area contributed by atoms with Crippen LogP contribution >= 0.6 is 0 Å². The van der Waals surface area contributed by atoms with Crippen LogP contribution in [0.3, 0.4) is 0 Å². The minimum absolute atomic E-state index is 0.0962. The molecule has 0 atom stereocenters. The summed E-state index contributed by atoms with van der Waals surface area (Å²) in [6, 6.07) is 7.57. The van der Waals surface area contributed by atoms with Crippen LogP contribution in [0.15, 0.2) is 53.7 Å². The first-order valence-corrected chi connectivity index (χ1v) is 7.95. The standard InChI is InChI=1S/C17H14F3N5O3/c18-17(19,20)10-24-9-13(8-21-24)25-5-4-15(26)14(23-25)7-11-2-1-3-12(6-11)22-16(27)28/h1-6,8-9,22H,7,10H2,(H,27,28)/p-1. The molecule has 3 aromatic rings. The summed E-state index contributed by atoms with van der Waals surface area (Å²) in [6.45, 7) is -1.24. The maximum atomic E-state index is 12.5. The molecule has 1 amide bonds. The minimum atomic E-state index is -4.41. The lowest BCUT2D eigenvalue weighted by Crippen LogP contribution is -2.28. The molecule has 11 heteroatoms. The summed E-state index contributed by atoms with van der Waals surface area (Å²) in [5, 5.41) is 20.5. The number of benzene rings is 1. The van der Waals surface area contributed by atoms with Crippen LogP contribution in [0, 0.1) is 0 Å². The first-order valence-electron chi connectivity index (χ1n) is 7.95. The predicted molar refractivity (Wildman–Crippen MR) is 89.9 cm³/mol. The molecule has 3 rings (SSSR count). The third kappa shape index (κ3) is 4.96. The van der Waals surface area contributed by atoms with E-state index in [1.807, 2.05) is 0 Å². The molecule has 0 saturated heterocycles. The highest BCUT2D eigenvalue weighted by atomic mass is 19.4. The van der Waals surface area contributed by atoms with Crippen LogP contribution in [0.4, 0.5) is 23.7 Å². The lowest BCUT2D eigenvalue weighted by molar-refractivity contribution is -0.242. The Morgan fingerprint density at radius 1 is 1.25 bits per heavy atom. The Bertz CT molecular complexity index is 1060. The summed E-state index contributed by atoms with van der Waals surface area (Å²) in [6.07, 6.45) is -2.08. The molecule has 146 valence electrons. The van der Waals surface area contributed by atoms with Crippen LogP contribution in [0.5, 0.6) is 0 Å². The number of anilines is 1. The number of alkyl halides is 3. The zero-order valence-corrected chi connectivity index (χ0v) is 14.2. The molecule has 0 spiro atoms. The third-order valence-corrected chi connectivity index (χ3v) is 3.65. The van der Waals surface area contributed by atoms with Gasteiger partial charge >= 0.3 is 6.18 Å². The third-order valence-electron chi connectivity index (χ3n) is 3.65. The molecule has 0 bridgehead atoms. The quantitative estimate of drug-likeness (QED) is 0.706. The monoisotopic (exact) mass is 392 g/mol. The van der Waals surface area contributed by atoms with E-state index >= 15 is 0 Å². The number of hydrogen-bond donors (Lipinski definition) is 1. The molecule has 1 N–H and O–H groups in total. The van der Waals surface area contributed by atoms with E-state index in [1.54, 1.807) is 12.1 Å². The molecule has 8 nitrogen and oxygen atoms in total. The summed E-state index contributed by atoms with van der Waals surface area (Å²) in [5.74, 6) is 0. The highest BCUT2D eigenvalue weighted by Crippen LogP contribution is 2.18. The number of carboxylic acid groups (broad SMARTS) is 1. The van der Waals surface area contributed by atoms with Crippen LogP contribution < -0.4 is 15.9 Å². The lowest BCUT2D eigenvalue weighted by Gasteiger charge is -2.09. The summed E-state index contributed by atoms with van der Waals surface area (Å²) >= 11 is 0. The highest BCUT2D eigenvalue weighted by molar-refractivity contribution is 5.81. The van der Waals surface area contributed by atoms with Crippen molar-refractivity contribution >= 4 is 11.8 Å². The van der Waals surface area contributed by atoms with E-state index in [-0.39, 0.29) is 28.9 Å². The smallest absolute Gasteiger partial charge is 0.408 e. The van der Waals surface area contributed by atoms with E-state index in [2.05, 4.69) is 15.5 Å². The Labute approximate surface area is 155 Å². The fraction of sp³-hybridized carbons (Fsp3) is 0.176. The molecule has 1 aromatic carbocycles. The van der Waals surface area contributed by atoms with Crippen molar-refractivity contribution in [3.63, 3.8) is 0 Å². The number of halogens is 3. The van der Waals surface area contributed by atoms with Crippen molar-refractivity contribution in [1.29, 1.82) is 0 Å². The van der Waals surface area contributed by atoms with E-state index in [1.165, 1.54) is 41.5 Å². The van der Waals surface area contributed by atoms with Gasteiger partial charge in [-0.3, -0.25) is 9.48 Å². The van der Waals surface area contributed by atoms with Crippen LogP contribution in [-0.4, -0.2) is 31.8 Å². The molecule has 2 aromatic heterocycles. The van der Waals surface area contributed by atoms with E-state index in [4.69, 9.17) is 0 Å². The summed E-state index contributed by atoms with van der Waals surface area (Å²) in [7, 11) is 0.